The van der Waals surface area contributed by atoms with Gasteiger partial charge in [-0.25, -0.2) is 0 Å². The van der Waals surface area contributed by atoms with E-state index < -0.39 is 0 Å². The molecular weight excluding hydrogens is 246 g/mol. The molecule has 0 heterocycles. The van der Waals surface area contributed by atoms with Crippen LogP contribution in [0.15, 0.2) is 18.2 Å². The van der Waals surface area contributed by atoms with Gasteiger partial charge in [0.15, 0.2) is 11.5 Å². The van der Waals surface area contributed by atoms with Gasteiger partial charge in [-0.3, -0.25) is 0 Å². The largest absolute Gasteiger partial charge is 0.493 e. The van der Waals surface area contributed by atoms with E-state index in [9.17, 15) is 0 Å². The molecular formula is C14H19NO2S. The highest BCUT2D eigenvalue weighted by molar-refractivity contribution is 7.80. The van der Waals surface area contributed by atoms with Gasteiger partial charge in [0.05, 0.1) is 13.2 Å². The summed E-state index contributed by atoms with van der Waals surface area (Å²) in [5, 5.41) is 0. The van der Waals surface area contributed by atoms with Crippen molar-refractivity contribution in [2.45, 2.75) is 38.2 Å². The van der Waals surface area contributed by atoms with Crippen LogP contribution < -0.4 is 15.2 Å². The maximum Gasteiger partial charge on any atom is 0.161 e. The Morgan fingerprint density at radius 3 is 2.56 bits per heavy atom. The smallest absolute Gasteiger partial charge is 0.161 e. The molecule has 1 aliphatic carbocycles. The topological polar surface area (TPSA) is 44.5 Å². The molecule has 18 heavy (non-hydrogen) atoms. The third-order valence-corrected chi connectivity index (χ3v) is 3.53. The van der Waals surface area contributed by atoms with E-state index >= 15 is 0 Å². The van der Waals surface area contributed by atoms with Gasteiger partial charge < -0.3 is 15.2 Å². The summed E-state index contributed by atoms with van der Waals surface area (Å²) in [5.74, 6) is 1.48. The Bertz CT molecular complexity index is 428. The molecule has 0 spiro atoms. The summed E-state index contributed by atoms with van der Waals surface area (Å²) >= 11 is 4.96. The molecule has 0 unspecified atom stereocenters. The Hall–Kier alpha value is -1.29. The van der Waals surface area contributed by atoms with Crippen LogP contribution in [-0.2, 0) is 0 Å². The van der Waals surface area contributed by atoms with E-state index in [1.165, 1.54) is 19.3 Å². The minimum atomic E-state index is 0.309. The van der Waals surface area contributed by atoms with Gasteiger partial charge in [0.2, 0.25) is 0 Å². The molecule has 0 bridgehead atoms. The molecule has 98 valence electrons. The zero-order chi connectivity index (χ0) is 13.0. The van der Waals surface area contributed by atoms with Crippen LogP contribution in [0.25, 0.3) is 0 Å². The van der Waals surface area contributed by atoms with Crippen molar-refractivity contribution in [3.8, 4) is 11.5 Å². The predicted octanol–water partition coefficient (Wildman–Crippen LogP) is 3.04. The van der Waals surface area contributed by atoms with E-state index in [1.807, 2.05) is 18.2 Å². The van der Waals surface area contributed by atoms with Crippen LogP contribution in [0.1, 0.15) is 37.7 Å². The molecule has 0 saturated heterocycles. The summed E-state index contributed by atoms with van der Waals surface area (Å²) in [7, 11) is 1.63. The Morgan fingerprint density at radius 1 is 1.22 bits per heavy atom. The summed E-state index contributed by atoms with van der Waals surface area (Å²) in [4.78, 5) is 0.373. The lowest BCUT2D eigenvalue weighted by Crippen LogP contribution is -2.20. The standard InChI is InChI=1S/C14H19NO2S/c1-16-13-9-10(14(15)18)7-8-12(13)17-11-5-3-2-4-6-11/h7-9,11H,2-6H2,1H3,(H2,15,18). The van der Waals surface area contributed by atoms with Crippen LogP contribution in [0.2, 0.25) is 0 Å². The lowest BCUT2D eigenvalue weighted by atomic mass is 9.98. The predicted molar refractivity (Wildman–Crippen MR) is 76.4 cm³/mol. The number of benzene rings is 1. The molecule has 3 nitrogen and oxygen atoms in total. The van der Waals surface area contributed by atoms with Gasteiger partial charge >= 0.3 is 0 Å². The number of hydrogen-bond donors (Lipinski definition) is 1. The van der Waals surface area contributed by atoms with Gasteiger partial charge in [-0.2, -0.15) is 0 Å². The van der Waals surface area contributed by atoms with E-state index in [0.717, 1.165) is 24.2 Å². The molecule has 0 aliphatic heterocycles. The summed E-state index contributed by atoms with van der Waals surface area (Å²) in [6.07, 6.45) is 6.37. The van der Waals surface area contributed by atoms with Crippen molar-refractivity contribution in [3.05, 3.63) is 23.8 Å². The quantitative estimate of drug-likeness (QED) is 0.850. The van der Waals surface area contributed by atoms with E-state index in [1.54, 1.807) is 7.11 Å². The summed E-state index contributed by atoms with van der Waals surface area (Å²) < 4.78 is 11.3. The molecule has 4 heteroatoms. The van der Waals surface area contributed by atoms with E-state index in [4.69, 9.17) is 27.4 Å². The van der Waals surface area contributed by atoms with Crippen LogP contribution in [0.3, 0.4) is 0 Å². The molecule has 1 aromatic rings. The lowest BCUT2D eigenvalue weighted by molar-refractivity contribution is 0.149. The lowest BCUT2D eigenvalue weighted by Gasteiger charge is -2.24. The molecule has 0 amide bonds. The number of nitrogens with two attached hydrogens (primary N) is 1. The number of hydrogen-bond acceptors (Lipinski definition) is 3. The summed E-state index contributed by atoms with van der Waals surface area (Å²) in [6.45, 7) is 0. The van der Waals surface area contributed by atoms with Crippen LogP contribution in [0, 0.1) is 0 Å². The average molecular weight is 265 g/mol. The number of ether oxygens (including phenoxy) is 2. The zero-order valence-corrected chi connectivity index (χ0v) is 11.5. The Kier molecular flexibility index (Phi) is 4.42. The maximum absolute atomic E-state index is 6.00. The molecule has 1 aromatic carbocycles. The van der Waals surface area contributed by atoms with Gasteiger partial charge in [0.1, 0.15) is 4.99 Å². The highest BCUT2D eigenvalue weighted by Crippen LogP contribution is 2.31. The Balaban J connectivity index is 2.13. The van der Waals surface area contributed by atoms with Crippen molar-refractivity contribution >= 4 is 17.2 Å². The minimum absolute atomic E-state index is 0.309. The molecule has 2 rings (SSSR count). The van der Waals surface area contributed by atoms with Crippen LogP contribution in [0.4, 0.5) is 0 Å². The van der Waals surface area contributed by atoms with Crippen LogP contribution >= 0.6 is 12.2 Å². The van der Waals surface area contributed by atoms with Gasteiger partial charge in [0.25, 0.3) is 0 Å². The highest BCUT2D eigenvalue weighted by Gasteiger charge is 2.17. The number of rotatable bonds is 4. The summed E-state index contributed by atoms with van der Waals surface area (Å²) in [6, 6.07) is 5.60. The van der Waals surface area contributed by atoms with Crippen molar-refractivity contribution in [2.24, 2.45) is 5.73 Å². The SMILES string of the molecule is COc1cc(C(N)=S)ccc1OC1CCCCC1. The maximum atomic E-state index is 6.00. The Labute approximate surface area is 113 Å². The monoisotopic (exact) mass is 265 g/mol. The van der Waals surface area contributed by atoms with Crippen molar-refractivity contribution in [1.29, 1.82) is 0 Å². The molecule has 2 N–H and O–H groups in total. The first kappa shape index (κ1) is 13.1. The zero-order valence-electron chi connectivity index (χ0n) is 10.6. The first-order valence-corrected chi connectivity index (χ1v) is 6.76. The van der Waals surface area contributed by atoms with Gasteiger partial charge in [-0.15, -0.1) is 0 Å². The fraction of sp³-hybridized carbons (Fsp3) is 0.500. The Morgan fingerprint density at radius 2 is 1.94 bits per heavy atom. The molecule has 0 atom stereocenters. The number of methoxy groups -OCH3 is 1. The van der Waals surface area contributed by atoms with Gasteiger partial charge in [-0.05, 0) is 43.9 Å². The van der Waals surface area contributed by atoms with E-state index in [-0.39, 0.29) is 0 Å². The average Bonchev–Trinajstić information content (AvgIpc) is 2.40. The van der Waals surface area contributed by atoms with Crippen molar-refractivity contribution in [3.63, 3.8) is 0 Å². The van der Waals surface area contributed by atoms with Crippen molar-refractivity contribution in [2.75, 3.05) is 7.11 Å². The first-order chi connectivity index (χ1) is 8.70. The third-order valence-electron chi connectivity index (χ3n) is 3.29. The van der Waals surface area contributed by atoms with Crippen LogP contribution in [0.5, 0.6) is 11.5 Å². The molecule has 1 saturated carbocycles. The molecule has 1 fully saturated rings. The third kappa shape index (κ3) is 3.13. The second kappa shape index (κ2) is 6.05. The van der Waals surface area contributed by atoms with Crippen molar-refractivity contribution < 1.29 is 9.47 Å². The fourth-order valence-electron chi connectivity index (χ4n) is 2.28. The van der Waals surface area contributed by atoms with Gasteiger partial charge in [-0.1, -0.05) is 18.6 Å². The minimum Gasteiger partial charge on any atom is -0.493 e. The highest BCUT2D eigenvalue weighted by atomic mass is 32.1. The first-order valence-electron chi connectivity index (χ1n) is 6.35. The van der Waals surface area contributed by atoms with Gasteiger partial charge in [0, 0.05) is 5.56 Å². The number of thiocarbonyl (C=S) groups is 1. The van der Waals surface area contributed by atoms with Crippen molar-refractivity contribution in [1.82, 2.24) is 0 Å². The van der Waals surface area contributed by atoms with E-state index in [2.05, 4.69) is 0 Å². The molecule has 0 aromatic heterocycles. The molecule has 1 aliphatic rings. The fourth-order valence-corrected chi connectivity index (χ4v) is 2.41. The normalized spacial score (nSPS) is 16.3. The summed E-state index contributed by atoms with van der Waals surface area (Å²) in [5.41, 5.74) is 6.41. The van der Waals surface area contributed by atoms with Crippen LogP contribution in [-0.4, -0.2) is 18.2 Å². The second-order valence-electron chi connectivity index (χ2n) is 4.61. The molecule has 0 radical (unpaired) electrons. The second-order valence-corrected chi connectivity index (χ2v) is 5.05. The van der Waals surface area contributed by atoms with E-state index in [0.29, 0.717) is 16.8 Å².